The molecule has 3 rings (SSSR count). The summed E-state index contributed by atoms with van der Waals surface area (Å²) in [5.74, 6) is 0.100. The number of nitrogens with one attached hydrogen (secondary N) is 1. The van der Waals surface area contributed by atoms with Gasteiger partial charge in [0.05, 0.1) is 20.6 Å². The molecule has 1 aromatic carbocycles. The highest BCUT2D eigenvalue weighted by Crippen LogP contribution is 2.40. The minimum atomic E-state index is -0.480. The van der Waals surface area contributed by atoms with Crippen LogP contribution in [0.2, 0.25) is 0 Å². The molecule has 1 aliphatic carbocycles. The molecule has 7 heteroatoms. The van der Waals surface area contributed by atoms with E-state index in [2.05, 4.69) is 5.32 Å². The first kappa shape index (κ1) is 14.0. The third kappa shape index (κ3) is 2.73. The number of nitrogens with zero attached hydrogens (tertiary/aromatic N) is 1. The zero-order valence-electron chi connectivity index (χ0n) is 10.6. The number of nitro groups is 1. The van der Waals surface area contributed by atoms with Crippen LogP contribution in [0.5, 0.6) is 0 Å². The number of benzene rings is 1. The van der Waals surface area contributed by atoms with Crippen molar-refractivity contribution in [2.45, 2.75) is 31.4 Å². The van der Waals surface area contributed by atoms with Gasteiger partial charge in [0.15, 0.2) is 0 Å². The molecule has 20 heavy (non-hydrogen) atoms. The molecule has 0 bridgehead atoms. The van der Waals surface area contributed by atoms with E-state index in [0.29, 0.717) is 12.5 Å². The van der Waals surface area contributed by atoms with Gasteiger partial charge < -0.3 is 10.1 Å². The van der Waals surface area contributed by atoms with Crippen LogP contribution < -0.4 is 5.32 Å². The molecule has 2 unspecified atom stereocenters. The smallest absolute Gasteiger partial charge is 0.293 e. The van der Waals surface area contributed by atoms with Gasteiger partial charge in [-0.1, -0.05) is 0 Å². The highest BCUT2D eigenvalue weighted by Gasteiger charge is 2.41. The molecule has 1 heterocycles. The number of anilines is 1. The van der Waals surface area contributed by atoms with Crippen molar-refractivity contribution in [2.75, 3.05) is 11.9 Å². The summed E-state index contributed by atoms with van der Waals surface area (Å²) >= 11 is 1.76. The molecule has 2 atom stereocenters. The van der Waals surface area contributed by atoms with E-state index in [1.807, 2.05) is 0 Å². The zero-order chi connectivity index (χ0) is 14.3. The minimum Gasteiger partial charge on any atom is -0.376 e. The van der Waals surface area contributed by atoms with Crippen LogP contribution in [0.3, 0.4) is 0 Å². The van der Waals surface area contributed by atoms with Crippen molar-refractivity contribution in [1.29, 1.82) is 0 Å². The molecule has 2 aliphatic rings. The van der Waals surface area contributed by atoms with Crippen molar-refractivity contribution in [2.24, 2.45) is 5.92 Å². The van der Waals surface area contributed by atoms with Gasteiger partial charge in [0.2, 0.25) is 0 Å². The largest absolute Gasteiger partial charge is 0.376 e. The lowest BCUT2D eigenvalue weighted by Crippen LogP contribution is -2.31. The predicted octanol–water partition coefficient (Wildman–Crippen LogP) is 3.32. The van der Waals surface area contributed by atoms with Crippen LogP contribution in [0.1, 0.15) is 19.3 Å². The first-order valence-electron chi connectivity index (χ1n) is 6.58. The van der Waals surface area contributed by atoms with Gasteiger partial charge in [0.1, 0.15) is 11.5 Å². The highest BCUT2D eigenvalue weighted by molar-refractivity contribution is 14.1. The normalized spacial score (nSPS) is 25.7. The van der Waals surface area contributed by atoms with Crippen molar-refractivity contribution in [3.05, 3.63) is 31.6 Å². The van der Waals surface area contributed by atoms with Gasteiger partial charge in [-0.2, -0.15) is 0 Å². The molecule has 1 N–H and O–H groups in total. The first-order chi connectivity index (χ1) is 9.56. The van der Waals surface area contributed by atoms with Crippen molar-refractivity contribution in [1.82, 2.24) is 0 Å². The number of ether oxygens (including phenoxy) is 1. The average Bonchev–Trinajstić information content (AvgIpc) is 3.14. The summed E-state index contributed by atoms with van der Waals surface area (Å²) in [7, 11) is 0. The third-order valence-corrected chi connectivity index (χ3v) is 4.63. The molecule has 1 saturated carbocycles. The minimum absolute atomic E-state index is 0.0284. The molecule has 5 nitrogen and oxygen atoms in total. The fraction of sp³-hybridized carbons (Fsp3) is 0.538. The lowest BCUT2D eigenvalue weighted by molar-refractivity contribution is -0.384. The maximum absolute atomic E-state index is 13.7. The van der Waals surface area contributed by atoms with Crippen molar-refractivity contribution in [3.8, 4) is 0 Å². The fourth-order valence-corrected chi connectivity index (χ4v) is 3.11. The van der Waals surface area contributed by atoms with E-state index in [1.165, 1.54) is 12.1 Å². The SMILES string of the molecule is O=[N+]([O-])c1cc(I)c(F)cc1NC1CCOC1C1CC1. The summed E-state index contributed by atoms with van der Waals surface area (Å²) < 4.78 is 19.6. The Bertz CT molecular complexity index is 551. The Balaban J connectivity index is 1.85. The van der Waals surface area contributed by atoms with E-state index < -0.39 is 10.7 Å². The van der Waals surface area contributed by atoms with Crippen molar-refractivity contribution < 1.29 is 14.1 Å². The van der Waals surface area contributed by atoms with Crippen molar-refractivity contribution in [3.63, 3.8) is 0 Å². The second-order valence-electron chi connectivity index (χ2n) is 5.25. The molecule has 0 spiro atoms. The van der Waals surface area contributed by atoms with Gasteiger partial charge >= 0.3 is 0 Å². The lowest BCUT2D eigenvalue weighted by Gasteiger charge is -2.20. The summed E-state index contributed by atoms with van der Waals surface area (Å²) in [5.41, 5.74) is 0.159. The number of hydrogen-bond donors (Lipinski definition) is 1. The van der Waals surface area contributed by atoms with Gasteiger partial charge in [-0.3, -0.25) is 10.1 Å². The van der Waals surface area contributed by atoms with Crippen LogP contribution in [0.25, 0.3) is 0 Å². The molecule has 1 aromatic rings. The standard InChI is InChI=1S/C13H14FIN2O3/c14-8-5-11(12(17(18)19)6-9(8)15)16-10-3-4-20-13(10)7-1-2-7/h5-7,10,13,16H,1-4H2. The second kappa shape index (κ2) is 5.44. The van der Waals surface area contributed by atoms with Crippen LogP contribution >= 0.6 is 22.6 Å². The van der Waals surface area contributed by atoms with Gasteiger partial charge in [-0.05, 0) is 47.8 Å². The predicted molar refractivity (Wildman–Crippen MR) is 80.3 cm³/mol. The summed E-state index contributed by atoms with van der Waals surface area (Å²) in [6, 6.07) is 2.50. The van der Waals surface area contributed by atoms with E-state index in [1.54, 1.807) is 22.6 Å². The number of hydrogen-bond acceptors (Lipinski definition) is 4. The Kier molecular flexibility index (Phi) is 3.80. The van der Waals surface area contributed by atoms with Crippen LogP contribution in [0.15, 0.2) is 12.1 Å². The molecular formula is C13H14FIN2O3. The number of rotatable bonds is 4. The Morgan fingerprint density at radius 1 is 1.40 bits per heavy atom. The van der Waals surface area contributed by atoms with Gasteiger partial charge in [0, 0.05) is 18.7 Å². The number of nitro benzene ring substituents is 1. The monoisotopic (exact) mass is 392 g/mol. The van der Waals surface area contributed by atoms with Gasteiger partial charge in [0.25, 0.3) is 5.69 Å². The van der Waals surface area contributed by atoms with E-state index >= 15 is 0 Å². The topological polar surface area (TPSA) is 64.4 Å². The van der Waals surface area contributed by atoms with Crippen LogP contribution in [-0.4, -0.2) is 23.7 Å². The summed E-state index contributed by atoms with van der Waals surface area (Å²) in [5, 5.41) is 14.2. The van der Waals surface area contributed by atoms with Gasteiger partial charge in [-0.25, -0.2) is 4.39 Å². The number of halogens is 2. The van der Waals surface area contributed by atoms with Gasteiger partial charge in [-0.15, -0.1) is 0 Å². The maximum Gasteiger partial charge on any atom is 0.293 e. The molecule has 0 aromatic heterocycles. The van der Waals surface area contributed by atoms with Crippen LogP contribution in [0, 0.1) is 25.4 Å². The second-order valence-corrected chi connectivity index (χ2v) is 6.42. The fourth-order valence-electron chi connectivity index (χ4n) is 2.66. The van der Waals surface area contributed by atoms with E-state index in [-0.39, 0.29) is 27.1 Å². The molecule has 2 fully saturated rings. The molecule has 1 aliphatic heterocycles. The van der Waals surface area contributed by atoms with Crippen LogP contribution in [0.4, 0.5) is 15.8 Å². The molecule has 0 radical (unpaired) electrons. The van der Waals surface area contributed by atoms with E-state index in [9.17, 15) is 14.5 Å². The zero-order valence-corrected chi connectivity index (χ0v) is 12.8. The Morgan fingerprint density at radius 2 is 2.15 bits per heavy atom. The van der Waals surface area contributed by atoms with E-state index in [4.69, 9.17) is 4.74 Å². The third-order valence-electron chi connectivity index (χ3n) is 3.80. The van der Waals surface area contributed by atoms with Crippen LogP contribution in [-0.2, 0) is 4.74 Å². The van der Waals surface area contributed by atoms with E-state index in [0.717, 1.165) is 19.3 Å². The summed E-state index contributed by atoms with van der Waals surface area (Å²) in [6.07, 6.45) is 3.18. The highest BCUT2D eigenvalue weighted by atomic mass is 127. The average molecular weight is 392 g/mol. The Hall–Kier alpha value is -0.960. The summed E-state index contributed by atoms with van der Waals surface area (Å²) in [4.78, 5) is 10.6. The first-order valence-corrected chi connectivity index (χ1v) is 7.65. The van der Waals surface area contributed by atoms with Crippen molar-refractivity contribution >= 4 is 34.0 Å². The lowest BCUT2D eigenvalue weighted by atomic mass is 10.1. The summed E-state index contributed by atoms with van der Waals surface area (Å²) in [6.45, 7) is 0.652. The quantitative estimate of drug-likeness (QED) is 0.485. The molecular weight excluding hydrogens is 378 g/mol. The molecule has 108 valence electrons. The Labute approximate surface area is 129 Å². The molecule has 1 saturated heterocycles. The molecule has 0 amide bonds. The Morgan fingerprint density at radius 3 is 2.80 bits per heavy atom. The maximum atomic E-state index is 13.7.